The van der Waals surface area contributed by atoms with Crippen LogP contribution < -0.4 is 4.90 Å². The van der Waals surface area contributed by atoms with Crippen molar-refractivity contribution in [3.63, 3.8) is 0 Å². The number of nitrogens with one attached hydrogen (secondary N) is 1. The molecule has 0 unspecified atom stereocenters. The van der Waals surface area contributed by atoms with Gasteiger partial charge in [-0.25, -0.2) is 0 Å². The number of likely N-dealkylation sites (tertiary alicyclic amines) is 1. The number of fused-ring (bicyclic) bond motifs is 2. The highest BCUT2D eigenvalue weighted by Gasteiger charge is 2.22. The molecule has 0 saturated carbocycles. The van der Waals surface area contributed by atoms with Crippen LogP contribution in [0.3, 0.4) is 0 Å². The van der Waals surface area contributed by atoms with Crippen LogP contribution >= 0.6 is 11.6 Å². The molecule has 3 heterocycles. The molecule has 156 valence electrons. The fourth-order valence-corrected chi connectivity index (χ4v) is 5.26. The molecule has 1 saturated heterocycles. The summed E-state index contributed by atoms with van der Waals surface area (Å²) in [4.78, 5) is 8.50. The summed E-state index contributed by atoms with van der Waals surface area (Å²) in [5, 5.41) is 2.13. The number of nitrogens with zero attached hydrogens (tertiary/aromatic N) is 2. The summed E-state index contributed by atoms with van der Waals surface area (Å²) in [6, 6.07) is 15.0. The van der Waals surface area contributed by atoms with Crippen LogP contribution in [-0.4, -0.2) is 36.1 Å². The van der Waals surface area contributed by atoms with Crippen molar-refractivity contribution >= 4 is 28.2 Å². The van der Waals surface area contributed by atoms with Crippen LogP contribution in [0.4, 0.5) is 5.69 Å². The number of anilines is 1. The molecule has 4 heteroatoms. The Morgan fingerprint density at radius 1 is 1.00 bits per heavy atom. The second-order valence-electron chi connectivity index (χ2n) is 8.67. The van der Waals surface area contributed by atoms with Crippen molar-refractivity contribution in [3.05, 3.63) is 77.1 Å². The topological polar surface area (TPSA) is 22.3 Å². The Balaban J connectivity index is 1.09. The van der Waals surface area contributed by atoms with E-state index in [0.717, 1.165) is 18.0 Å². The van der Waals surface area contributed by atoms with E-state index in [0.29, 0.717) is 5.92 Å². The number of hydrogen-bond donors (Lipinski definition) is 1. The van der Waals surface area contributed by atoms with Gasteiger partial charge in [-0.2, -0.15) is 0 Å². The van der Waals surface area contributed by atoms with E-state index in [4.69, 9.17) is 11.6 Å². The number of para-hydroxylation sites is 1. The molecule has 0 bridgehead atoms. The molecule has 0 spiro atoms. The summed E-state index contributed by atoms with van der Waals surface area (Å²) >= 11 is 6.23. The number of aromatic nitrogens is 1. The second kappa shape index (κ2) is 8.87. The molecule has 30 heavy (non-hydrogen) atoms. The minimum absolute atomic E-state index is 0.642. The molecule has 2 aliphatic rings. The maximum atomic E-state index is 6.23. The first-order valence-corrected chi connectivity index (χ1v) is 11.7. The smallest absolute Gasteiger partial charge is 0.0457 e. The highest BCUT2D eigenvalue weighted by atomic mass is 35.5. The SMILES string of the molecule is Clc1ccc2[nH]cc(C3CCN(CCCCN4C=CCc5ccccc54)CC3)c2c1. The molecule has 0 radical (unpaired) electrons. The van der Waals surface area contributed by atoms with E-state index in [2.05, 4.69) is 69.7 Å². The number of H-pyrrole nitrogens is 1. The normalized spacial score (nSPS) is 17.6. The molecule has 2 aliphatic heterocycles. The van der Waals surface area contributed by atoms with Crippen LogP contribution in [0.2, 0.25) is 5.02 Å². The van der Waals surface area contributed by atoms with Crippen LogP contribution in [0.15, 0.2) is 60.9 Å². The second-order valence-corrected chi connectivity index (χ2v) is 9.10. The van der Waals surface area contributed by atoms with Crippen molar-refractivity contribution in [1.82, 2.24) is 9.88 Å². The van der Waals surface area contributed by atoms with Crippen LogP contribution in [0.5, 0.6) is 0 Å². The number of unbranched alkanes of at least 4 members (excludes halogenated alkanes) is 1. The third kappa shape index (κ3) is 4.14. The molecule has 5 rings (SSSR count). The summed E-state index contributed by atoms with van der Waals surface area (Å²) in [6.45, 7) is 4.72. The van der Waals surface area contributed by atoms with Gasteiger partial charge in [0, 0.05) is 40.6 Å². The van der Waals surface area contributed by atoms with Gasteiger partial charge < -0.3 is 14.8 Å². The Kier molecular flexibility index (Phi) is 5.83. The summed E-state index contributed by atoms with van der Waals surface area (Å²) in [6.07, 6.45) is 12.8. The third-order valence-electron chi connectivity index (χ3n) is 6.75. The van der Waals surface area contributed by atoms with E-state index in [1.807, 2.05) is 6.07 Å². The lowest BCUT2D eigenvalue weighted by Crippen LogP contribution is -2.34. The average Bonchev–Trinajstić information content (AvgIpc) is 3.20. The van der Waals surface area contributed by atoms with Crippen molar-refractivity contribution in [2.45, 2.75) is 38.0 Å². The van der Waals surface area contributed by atoms with E-state index >= 15 is 0 Å². The Morgan fingerprint density at radius 3 is 2.73 bits per heavy atom. The monoisotopic (exact) mass is 419 g/mol. The molecule has 0 atom stereocenters. The third-order valence-corrected chi connectivity index (χ3v) is 6.99. The Hall–Kier alpha value is -2.23. The zero-order chi connectivity index (χ0) is 20.3. The standard InChI is InChI=1S/C26H30ClN3/c27-22-9-10-25-23(18-22)24(19-28-25)20-11-16-29(17-12-20)13-3-4-14-30-15-5-7-21-6-1-2-8-26(21)30/h1-2,5-6,8-10,15,18-20,28H,3-4,7,11-14,16-17H2. The molecule has 3 aromatic rings. The van der Waals surface area contributed by atoms with Crippen LogP contribution in [0.25, 0.3) is 10.9 Å². The van der Waals surface area contributed by atoms with Crippen molar-refractivity contribution in [3.8, 4) is 0 Å². The number of allylic oxidation sites excluding steroid dienone is 1. The van der Waals surface area contributed by atoms with Gasteiger partial charge in [0.1, 0.15) is 0 Å². The van der Waals surface area contributed by atoms with Gasteiger partial charge in [-0.1, -0.05) is 35.9 Å². The van der Waals surface area contributed by atoms with Gasteiger partial charge in [-0.15, -0.1) is 0 Å². The van der Waals surface area contributed by atoms with Gasteiger partial charge in [0.15, 0.2) is 0 Å². The Bertz CT molecular complexity index is 1030. The number of halogens is 1. The molecule has 1 aromatic heterocycles. The fraction of sp³-hybridized carbons (Fsp3) is 0.385. The largest absolute Gasteiger partial charge is 0.361 e. The molecule has 1 fully saturated rings. The Morgan fingerprint density at radius 2 is 1.83 bits per heavy atom. The molecule has 3 nitrogen and oxygen atoms in total. The maximum Gasteiger partial charge on any atom is 0.0457 e. The highest BCUT2D eigenvalue weighted by molar-refractivity contribution is 6.31. The number of benzene rings is 2. The molecule has 0 amide bonds. The van der Waals surface area contributed by atoms with E-state index < -0.39 is 0 Å². The number of rotatable bonds is 6. The average molecular weight is 420 g/mol. The lowest BCUT2D eigenvalue weighted by Gasteiger charge is -2.32. The fourth-order valence-electron chi connectivity index (χ4n) is 5.08. The van der Waals surface area contributed by atoms with Gasteiger partial charge in [0.05, 0.1) is 0 Å². The predicted octanol–water partition coefficient (Wildman–Crippen LogP) is 6.36. The minimum Gasteiger partial charge on any atom is -0.361 e. The van der Waals surface area contributed by atoms with Crippen molar-refractivity contribution < 1.29 is 0 Å². The zero-order valence-corrected chi connectivity index (χ0v) is 18.2. The summed E-state index contributed by atoms with van der Waals surface area (Å²) in [5.74, 6) is 0.642. The van der Waals surface area contributed by atoms with Crippen molar-refractivity contribution in [2.75, 3.05) is 31.1 Å². The van der Waals surface area contributed by atoms with Crippen LogP contribution in [-0.2, 0) is 6.42 Å². The molecular formula is C26H30ClN3. The first-order valence-electron chi connectivity index (χ1n) is 11.3. The molecule has 0 aliphatic carbocycles. The van der Waals surface area contributed by atoms with Crippen LogP contribution in [0, 0.1) is 0 Å². The van der Waals surface area contributed by atoms with Crippen molar-refractivity contribution in [1.29, 1.82) is 0 Å². The van der Waals surface area contributed by atoms with Gasteiger partial charge in [0.25, 0.3) is 0 Å². The first-order chi connectivity index (χ1) is 14.8. The number of hydrogen-bond acceptors (Lipinski definition) is 2. The van der Waals surface area contributed by atoms with E-state index in [1.165, 1.54) is 73.0 Å². The van der Waals surface area contributed by atoms with Gasteiger partial charge in [-0.3, -0.25) is 0 Å². The van der Waals surface area contributed by atoms with Crippen molar-refractivity contribution in [2.24, 2.45) is 0 Å². The molecular weight excluding hydrogens is 390 g/mol. The predicted molar refractivity (Wildman–Crippen MR) is 128 cm³/mol. The van der Waals surface area contributed by atoms with E-state index in [-0.39, 0.29) is 0 Å². The number of aromatic amines is 1. The molecule has 2 aromatic carbocycles. The molecule has 1 N–H and O–H groups in total. The quantitative estimate of drug-likeness (QED) is 0.470. The zero-order valence-electron chi connectivity index (χ0n) is 17.5. The number of piperidine rings is 1. The van der Waals surface area contributed by atoms with Gasteiger partial charge in [0.2, 0.25) is 0 Å². The van der Waals surface area contributed by atoms with E-state index in [9.17, 15) is 0 Å². The first kappa shape index (κ1) is 19.7. The Labute approximate surface area is 184 Å². The van der Waals surface area contributed by atoms with Gasteiger partial charge >= 0.3 is 0 Å². The summed E-state index contributed by atoms with van der Waals surface area (Å²) in [7, 11) is 0. The van der Waals surface area contributed by atoms with Gasteiger partial charge in [-0.05, 0) is 93.0 Å². The maximum absolute atomic E-state index is 6.23. The highest BCUT2D eigenvalue weighted by Crippen LogP contribution is 2.34. The summed E-state index contributed by atoms with van der Waals surface area (Å²) < 4.78 is 0. The lowest BCUT2D eigenvalue weighted by molar-refractivity contribution is 0.209. The summed E-state index contributed by atoms with van der Waals surface area (Å²) in [5.41, 5.74) is 5.48. The minimum atomic E-state index is 0.642. The lowest BCUT2D eigenvalue weighted by atomic mass is 9.89. The van der Waals surface area contributed by atoms with Crippen LogP contribution in [0.1, 0.15) is 42.7 Å². The van der Waals surface area contributed by atoms with E-state index in [1.54, 1.807) is 0 Å².